The lowest BCUT2D eigenvalue weighted by atomic mass is 9.91. The van der Waals surface area contributed by atoms with Crippen LogP contribution in [0.2, 0.25) is 0 Å². The van der Waals surface area contributed by atoms with E-state index in [0.29, 0.717) is 5.88 Å². The predicted molar refractivity (Wildman–Crippen MR) is 69.1 cm³/mol. The zero-order valence-electron chi connectivity index (χ0n) is 9.79. The van der Waals surface area contributed by atoms with Crippen molar-refractivity contribution in [1.29, 1.82) is 0 Å². The smallest absolute Gasteiger partial charge is 0.128 e. The van der Waals surface area contributed by atoms with Gasteiger partial charge in [0.25, 0.3) is 0 Å². The summed E-state index contributed by atoms with van der Waals surface area (Å²) in [5, 5.41) is 0. The van der Waals surface area contributed by atoms with Crippen molar-refractivity contribution in [3.05, 3.63) is 35.9 Å². The van der Waals surface area contributed by atoms with Crippen LogP contribution in [0.4, 0.5) is 0 Å². The Balaban J connectivity index is 2.42. The van der Waals surface area contributed by atoms with Crippen LogP contribution in [0.5, 0.6) is 5.75 Å². The number of rotatable bonds is 3. The Hall–Kier alpha value is -0.950. The predicted octanol–water partition coefficient (Wildman–Crippen LogP) is 4.26. The first-order valence-corrected chi connectivity index (χ1v) is 6.28. The maximum Gasteiger partial charge on any atom is 0.128 e. The van der Waals surface area contributed by atoms with E-state index in [0.717, 1.165) is 24.2 Å². The van der Waals surface area contributed by atoms with Gasteiger partial charge in [-0.3, -0.25) is 0 Å². The molecule has 1 heterocycles. The number of fused-ring (bicyclic) bond motifs is 1. The summed E-state index contributed by atoms with van der Waals surface area (Å²) in [6.45, 7) is 4.29. The summed E-state index contributed by atoms with van der Waals surface area (Å²) in [5.41, 5.74) is 2.11. The van der Waals surface area contributed by atoms with Gasteiger partial charge in [0.1, 0.15) is 11.4 Å². The largest absolute Gasteiger partial charge is 0.483 e. The minimum Gasteiger partial charge on any atom is -0.483 e. The van der Waals surface area contributed by atoms with Crippen LogP contribution in [0.3, 0.4) is 0 Å². The average molecular weight is 237 g/mol. The van der Waals surface area contributed by atoms with Gasteiger partial charge in [-0.15, -0.1) is 11.6 Å². The highest BCUT2D eigenvalue weighted by atomic mass is 35.5. The van der Waals surface area contributed by atoms with Crippen LogP contribution in [-0.4, -0.2) is 11.5 Å². The number of ether oxygens (including phenoxy) is 1. The second-order valence-corrected chi connectivity index (χ2v) is 4.73. The van der Waals surface area contributed by atoms with Gasteiger partial charge >= 0.3 is 0 Å². The van der Waals surface area contributed by atoms with E-state index in [1.807, 2.05) is 18.2 Å². The average Bonchev–Trinajstić information content (AvgIpc) is 2.28. The molecule has 0 N–H and O–H groups in total. The zero-order valence-corrected chi connectivity index (χ0v) is 10.6. The van der Waals surface area contributed by atoms with Crippen LogP contribution in [0.15, 0.2) is 30.3 Å². The van der Waals surface area contributed by atoms with E-state index in [-0.39, 0.29) is 5.60 Å². The van der Waals surface area contributed by atoms with Crippen molar-refractivity contribution in [1.82, 2.24) is 0 Å². The molecule has 0 aliphatic carbocycles. The Morgan fingerprint density at radius 2 is 2.06 bits per heavy atom. The van der Waals surface area contributed by atoms with Crippen LogP contribution in [0, 0.1) is 0 Å². The van der Waals surface area contributed by atoms with Crippen molar-refractivity contribution in [3.8, 4) is 5.75 Å². The van der Waals surface area contributed by atoms with Crippen molar-refractivity contribution < 1.29 is 4.74 Å². The van der Waals surface area contributed by atoms with Crippen molar-refractivity contribution >= 4 is 17.2 Å². The lowest BCUT2D eigenvalue weighted by Crippen LogP contribution is -2.33. The Labute approximate surface area is 102 Å². The third kappa shape index (κ3) is 2.10. The third-order valence-electron chi connectivity index (χ3n) is 2.95. The summed E-state index contributed by atoms with van der Waals surface area (Å²) < 4.78 is 6.06. The first kappa shape index (κ1) is 11.5. The lowest BCUT2D eigenvalue weighted by molar-refractivity contribution is 0.126. The number of hydrogen-bond acceptors (Lipinski definition) is 1. The molecule has 2 rings (SSSR count). The Morgan fingerprint density at radius 1 is 1.31 bits per heavy atom. The molecule has 1 nitrogen and oxygen atoms in total. The topological polar surface area (TPSA) is 9.23 Å². The number of para-hydroxylation sites is 1. The van der Waals surface area contributed by atoms with Crippen molar-refractivity contribution in [3.63, 3.8) is 0 Å². The molecule has 0 fully saturated rings. The van der Waals surface area contributed by atoms with Crippen molar-refractivity contribution in [2.24, 2.45) is 0 Å². The molecule has 86 valence electrons. The minimum atomic E-state index is -0.201. The fraction of sp³-hybridized carbons (Fsp3) is 0.429. The van der Waals surface area contributed by atoms with Gasteiger partial charge in [-0.05, 0) is 31.1 Å². The van der Waals surface area contributed by atoms with Gasteiger partial charge in [0.2, 0.25) is 0 Å². The molecule has 1 unspecified atom stereocenters. The van der Waals surface area contributed by atoms with E-state index < -0.39 is 0 Å². The molecule has 1 aromatic rings. The molecule has 1 aliphatic rings. The molecule has 0 saturated heterocycles. The Kier molecular flexibility index (Phi) is 3.25. The van der Waals surface area contributed by atoms with E-state index in [2.05, 4.69) is 26.0 Å². The van der Waals surface area contributed by atoms with Crippen LogP contribution < -0.4 is 4.74 Å². The number of halogens is 1. The van der Waals surface area contributed by atoms with E-state index in [9.17, 15) is 0 Å². The quantitative estimate of drug-likeness (QED) is 0.713. The molecular weight excluding hydrogens is 220 g/mol. The number of alkyl halides is 1. The minimum absolute atomic E-state index is 0.201. The Bertz CT molecular complexity index is 411. The molecule has 0 aromatic heterocycles. The third-order valence-corrected chi connectivity index (χ3v) is 3.23. The molecule has 0 saturated carbocycles. The summed E-state index contributed by atoms with van der Waals surface area (Å²) >= 11 is 6.01. The molecular formula is C14H17ClO. The van der Waals surface area contributed by atoms with Gasteiger partial charge in [-0.1, -0.05) is 31.5 Å². The fourth-order valence-corrected chi connectivity index (χ4v) is 2.50. The fourth-order valence-electron chi connectivity index (χ4n) is 2.28. The standard InChI is InChI=1S/C14H17ClO/c1-3-8-14(2)9-11(10-15)12-6-4-5-7-13(12)16-14/h4-7,9H,3,8,10H2,1-2H3. The van der Waals surface area contributed by atoms with Gasteiger partial charge < -0.3 is 4.74 Å². The van der Waals surface area contributed by atoms with E-state index >= 15 is 0 Å². The lowest BCUT2D eigenvalue weighted by Gasteiger charge is -2.33. The van der Waals surface area contributed by atoms with Crippen molar-refractivity contribution in [2.75, 3.05) is 5.88 Å². The summed E-state index contributed by atoms with van der Waals surface area (Å²) in [4.78, 5) is 0. The SMILES string of the molecule is CCCC1(C)C=C(CCl)c2ccccc2O1. The molecule has 16 heavy (non-hydrogen) atoms. The maximum atomic E-state index is 6.06. The first-order chi connectivity index (χ1) is 7.68. The highest BCUT2D eigenvalue weighted by Gasteiger charge is 2.29. The number of hydrogen-bond donors (Lipinski definition) is 0. The second kappa shape index (κ2) is 4.50. The molecule has 1 aromatic carbocycles. The van der Waals surface area contributed by atoms with Gasteiger partial charge in [0.05, 0.1) is 0 Å². The Morgan fingerprint density at radius 3 is 2.75 bits per heavy atom. The molecule has 1 aliphatic heterocycles. The van der Waals surface area contributed by atoms with Crippen LogP contribution in [-0.2, 0) is 0 Å². The van der Waals surface area contributed by atoms with E-state index in [1.165, 1.54) is 5.57 Å². The van der Waals surface area contributed by atoms with Gasteiger partial charge in [-0.25, -0.2) is 0 Å². The summed E-state index contributed by atoms with van der Waals surface area (Å²) in [6.07, 6.45) is 4.29. The van der Waals surface area contributed by atoms with E-state index in [4.69, 9.17) is 16.3 Å². The first-order valence-electron chi connectivity index (χ1n) is 5.74. The summed E-state index contributed by atoms with van der Waals surface area (Å²) in [5.74, 6) is 1.50. The molecule has 0 amide bonds. The van der Waals surface area contributed by atoms with Crippen LogP contribution >= 0.6 is 11.6 Å². The van der Waals surface area contributed by atoms with Gasteiger partial charge in [0.15, 0.2) is 0 Å². The van der Waals surface area contributed by atoms with E-state index in [1.54, 1.807) is 0 Å². The number of allylic oxidation sites excluding steroid dienone is 1. The second-order valence-electron chi connectivity index (χ2n) is 4.46. The molecule has 1 atom stereocenters. The highest BCUT2D eigenvalue weighted by Crippen LogP contribution is 2.38. The van der Waals surface area contributed by atoms with Crippen LogP contribution in [0.25, 0.3) is 5.57 Å². The molecule has 0 radical (unpaired) electrons. The monoisotopic (exact) mass is 236 g/mol. The van der Waals surface area contributed by atoms with Crippen molar-refractivity contribution in [2.45, 2.75) is 32.3 Å². The molecule has 2 heteroatoms. The van der Waals surface area contributed by atoms with Crippen LogP contribution in [0.1, 0.15) is 32.3 Å². The maximum absolute atomic E-state index is 6.06. The molecule has 0 spiro atoms. The number of benzene rings is 1. The highest BCUT2D eigenvalue weighted by molar-refractivity contribution is 6.23. The summed E-state index contributed by atoms with van der Waals surface area (Å²) in [7, 11) is 0. The van der Waals surface area contributed by atoms with Gasteiger partial charge in [-0.2, -0.15) is 0 Å². The summed E-state index contributed by atoms with van der Waals surface area (Å²) in [6, 6.07) is 8.10. The normalized spacial score (nSPS) is 23.3. The van der Waals surface area contributed by atoms with Gasteiger partial charge in [0, 0.05) is 11.4 Å². The molecule has 0 bridgehead atoms. The zero-order chi connectivity index (χ0) is 11.6.